The molecule has 2 N–H and O–H groups in total. The number of aryl methyl sites for hydroxylation is 2. The molecule has 0 bridgehead atoms. The fourth-order valence-electron chi connectivity index (χ4n) is 3.37. The highest BCUT2D eigenvalue weighted by Crippen LogP contribution is 2.35. The third-order valence-corrected chi connectivity index (χ3v) is 6.49. The molecule has 0 unspecified atom stereocenters. The number of anilines is 1. The van der Waals surface area contributed by atoms with Gasteiger partial charge < -0.3 is 14.8 Å². The van der Waals surface area contributed by atoms with Crippen LogP contribution in [-0.4, -0.2) is 24.6 Å². The molecule has 0 saturated carbocycles. The van der Waals surface area contributed by atoms with Gasteiger partial charge in [0.05, 0.1) is 16.4 Å². The van der Waals surface area contributed by atoms with E-state index in [1.807, 2.05) is 51.1 Å². The summed E-state index contributed by atoms with van der Waals surface area (Å²) in [4.78, 5) is 24.4. The summed E-state index contributed by atoms with van der Waals surface area (Å²) < 4.78 is 12.6. The maximum absolute atomic E-state index is 12.2. The fraction of sp³-hybridized carbons (Fsp3) is 0.222. The molecular weight excluding hydrogens is 628 g/mol. The van der Waals surface area contributed by atoms with E-state index < -0.39 is 11.8 Å². The molecule has 0 aliphatic heterocycles. The smallest absolute Gasteiger partial charge is 0.249 e. The summed E-state index contributed by atoms with van der Waals surface area (Å²) in [6.45, 7) is 6.41. The van der Waals surface area contributed by atoms with Crippen molar-refractivity contribution < 1.29 is 19.1 Å². The third kappa shape index (κ3) is 8.62. The van der Waals surface area contributed by atoms with Crippen molar-refractivity contribution in [2.45, 2.75) is 33.8 Å². The normalized spacial score (nSPS) is 10.9. The second-order valence-corrected chi connectivity index (χ2v) is 10.1. The fourth-order valence-corrected chi connectivity index (χ4v) is 4.61. The highest BCUT2D eigenvalue weighted by molar-refractivity contribution is 14.1. The molecule has 0 atom stereocenters. The number of halogens is 3. The van der Waals surface area contributed by atoms with E-state index in [0.717, 1.165) is 20.3 Å². The molecule has 194 valence electrons. The predicted molar refractivity (Wildman–Crippen MR) is 156 cm³/mol. The van der Waals surface area contributed by atoms with E-state index in [-0.39, 0.29) is 13.0 Å². The first kappa shape index (κ1) is 28.7. The number of hydrogen-bond acceptors (Lipinski definition) is 5. The van der Waals surface area contributed by atoms with Gasteiger partial charge in [0.25, 0.3) is 0 Å². The molecule has 37 heavy (non-hydrogen) atoms. The van der Waals surface area contributed by atoms with Gasteiger partial charge in [-0.3, -0.25) is 9.59 Å². The SMILES string of the molecule is CCOc1cc(C=NNC(=O)CC(=O)Nc2ccc(C)cc2C)cc(I)c1OCc1ccc(Cl)cc1Cl. The van der Waals surface area contributed by atoms with E-state index >= 15 is 0 Å². The van der Waals surface area contributed by atoms with Crippen LogP contribution in [0.2, 0.25) is 10.0 Å². The number of benzene rings is 3. The van der Waals surface area contributed by atoms with Crippen molar-refractivity contribution in [3.63, 3.8) is 0 Å². The maximum Gasteiger partial charge on any atom is 0.249 e. The lowest BCUT2D eigenvalue weighted by Gasteiger charge is -2.15. The van der Waals surface area contributed by atoms with Gasteiger partial charge in [0.15, 0.2) is 11.5 Å². The zero-order valence-corrected chi connectivity index (χ0v) is 24.2. The molecule has 0 radical (unpaired) electrons. The Bertz CT molecular complexity index is 1330. The zero-order chi connectivity index (χ0) is 26.9. The highest BCUT2D eigenvalue weighted by Gasteiger charge is 2.14. The minimum Gasteiger partial charge on any atom is -0.490 e. The number of nitrogens with zero attached hydrogens (tertiary/aromatic N) is 1. The summed E-state index contributed by atoms with van der Waals surface area (Å²) in [7, 11) is 0. The zero-order valence-electron chi connectivity index (χ0n) is 20.5. The summed E-state index contributed by atoms with van der Waals surface area (Å²) in [5.41, 5.74) is 6.55. The van der Waals surface area contributed by atoms with Crippen molar-refractivity contribution in [2.75, 3.05) is 11.9 Å². The average molecular weight is 654 g/mol. The van der Waals surface area contributed by atoms with E-state index in [0.29, 0.717) is 39.4 Å². The number of nitrogens with one attached hydrogen (secondary N) is 2. The molecule has 3 aromatic rings. The van der Waals surface area contributed by atoms with Gasteiger partial charge in [-0.15, -0.1) is 0 Å². The number of carbonyl (C=O) groups is 2. The largest absolute Gasteiger partial charge is 0.490 e. The summed E-state index contributed by atoms with van der Waals surface area (Å²) in [6, 6.07) is 14.5. The van der Waals surface area contributed by atoms with Crippen LogP contribution in [0.15, 0.2) is 53.6 Å². The quantitative estimate of drug-likeness (QED) is 0.111. The van der Waals surface area contributed by atoms with Gasteiger partial charge in [0, 0.05) is 21.3 Å². The second-order valence-electron chi connectivity index (χ2n) is 8.12. The Labute approximate surface area is 239 Å². The standard InChI is InChI=1S/C27H26Cl2IN3O4/c1-4-36-24-11-18(10-22(30)27(24)37-15-19-6-7-20(28)12-21(19)29)14-31-33-26(35)13-25(34)32-23-8-5-16(2)9-17(23)3/h5-12,14H,4,13,15H2,1-3H3,(H,32,34)(H,33,35). The van der Waals surface area contributed by atoms with Crippen molar-refractivity contribution in [1.82, 2.24) is 5.43 Å². The topological polar surface area (TPSA) is 89.0 Å². The molecule has 2 amide bonds. The van der Waals surface area contributed by atoms with Crippen LogP contribution in [0.1, 0.15) is 35.6 Å². The van der Waals surface area contributed by atoms with E-state index in [2.05, 4.69) is 38.4 Å². The minimum atomic E-state index is -0.530. The van der Waals surface area contributed by atoms with E-state index in [4.69, 9.17) is 32.7 Å². The summed E-state index contributed by atoms with van der Waals surface area (Å²) in [6.07, 6.45) is 1.12. The lowest BCUT2D eigenvalue weighted by atomic mass is 10.1. The molecule has 3 rings (SSSR count). The van der Waals surface area contributed by atoms with Crippen LogP contribution in [0.4, 0.5) is 5.69 Å². The Balaban J connectivity index is 1.61. The first-order chi connectivity index (χ1) is 17.7. The molecule has 7 nitrogen and oxygen atoms in total. The number of ether oxygens (including phenoxy) is 2. The van der Waals surface area contributed by atoms with Gasteiger partial charge in [0.2, 0.25) is 11.8 Å². The number of hydrazone groups is 1. The van der Waals surface area contributed by atoms with E-state index in [9.17, 15) is 9.59 Å². The molecule has 3 aromatic carbocycles. The molecule has 0 fully saturated rings. The summed E-state index contributed by atoms with van der Waals surface area (Å²) in [5, 5.41) is 7.79. The first-order valence-corrected chi connectivity index (χ1v) is 13.2. The van der Waals surface area contributed by atoms with Crippen LogP contribution < -0.4 is 20.2 Å². The Morgan fingerprint density at radius 2 is 1.81 bits per heavy atom. The summed E-state index contributed by atoms with van der Waals surface area (Å²) in [5.74, 6) is 0.144. The molecule has 0 heterocycles. The molecule has 0 aromatic heterocycles. The molecule has 0 aliphatic carbocycles. The van der Waals surface area contributed by atoms with Crippen LogP contribution in [0.3, 0.4) is 0 Å². The van der Waals surface area contributed by atoms with Gasteiger partial charge in [0.1, 0.15) is 13.0 Å². The van der Waals surface area contributed by atoms with Crippen molar-refractivity contribution >= 4 is 69.5 Å². The predicted octanol–water partition coefficient (Wildman–Crippen LogP) is 6.67. The van der Waals surface area contributed by atoms with E-state index in [1.54, 1.807) is 18.2 Å². The van der Waals surface area contributed by atoms with Crippen molar-refractivity contribution in [3.8, 4) is 11.5 Å². The minimum absolute atomic E-state index is 0.236. The molecular formula is C27H26Cl2IN3O4. The van der Waals surface area contributed by atoms with Gasteiger partial charge in [-0.25, -0.2) is 5.43 Å². The van der Waals surface area contributed by atoms with Crippen LogP contribution in [0, 0.1) is 17.4 Å². The maximum atomic E-state index is 12.2. The van der Waals surface area contributed by atoms with Gasteiger partial charge in [-0.2, -0.15) is 5.10 Å². The number of rotatable bonds is 10. The number of hydrogen-bond donors (Lipinski definition) is 2. The average Bonchev–Trinajstić information content (AvgIpc) is 2.81. The first-order valence-electron chi connectivity index (χ1n) is 11.4. The van der Waals surface area contributed by atoms with Crippen molar-refractivity contribution in [1.29, 1.82) is 0 Å². The Morgan fingerprint density at radius 3 is 2.51 bits per heavy atom. The lowest BCUT2D eigenvalue weighted by Crippen LogP contribution is -2.24. The van der Waals surface area contributed by atoms with Gasteiger partial charge >= 0.3 is 0 Å². The second kappa shape index (κ2) is 13.6. The third-order valence-electron chi connectivity index (χ3n) is 5.10. The van der Waals surface area contributed by atoms with Crippen molar-refractivity contribution in [3.05, 3.63) is 84.4 Å². The Kier molecular flexibility index (Phi) is 10.6. The summed E-state index contributed by atoms with van der Waals surface area (Å²) >= 11 is 14.4. The van der Waals surface area contributed by atoms with Crippen LogP contribution >= 0.6 is 45.8 Å². The monoisotopic (exact) mass is 653 g/mol. The van der Waals surface area contributed by atoms with Crippen molar-refractivity contribution in [2.24, 2.45) is 5.10 Å². The Morgan fingerprint density at radius 1 is 1.03 bits per heavy atom. The number of carbonyl (C=O) groups excluding carboxylic acids is 2. The number of amides is 2. The molecule has 0 saturated heterocycles. The van der Waals surface area contributed by atoms with Crippen LogP contribution in [0.25, 0.3) is 0 Å². The van der Waals surface area contributed by atoms with Crippen LogP contribution in [0.5, 0.6) is 11.5 Å². The molecule has 0 spiro atoms. The van der Waals surface area contributed by atoms with E-state index in [1.165, 1.54) is 6.21 Å². The molecule has 10 heteroatoms. The lowest BCUT2D eigenvalue weighted by molar-refractivity contribution is -0.126. The van der Waals surface area contributed by atoms with Gasteiger partial charge in [-0.1, -0.05) is 47.0 Å². The van der Waals surface area contributed by atoms with Crippen LogP contribution in [-0.2, 0) is 16.2 Å². The Hall–Kier alpha value is -2.82. The highest BCUT2D eigenvalue weighted by atomic mass is 127. The molecule has 0 aliphatic rings. The van der Waals surface area contributed by atoms with Gasteiger partial charge in [-0.05, 0) is 84.8 Å².